The quantitative estimate of drug-likeness (QED) is 0.169. The molecule has 0 spiro atoms. The van der Waals surface area contributed by atoms with Crippen molar-refractivity contribution in [1.82, 2.24) is 9.97 Å². The van der Waals surface area contributed by atoms with Crippen molar-refractivity contribution in [2.24, 2.45) is 0 Å². The second-order valence-corrected chi connectivity index (χ2v) is 17.2. The van der Waals surface area contributed by atoms with E-state index in [2.05, 4.69) is 200 Å². The van der Waals surface area contributed by atoms with Crippen molar-refractivity contribution in [2.75, 3.05) is 9.80 Å². The van der Waals surface area contributed by atoms with Crippen LogP contribution in [0, 0.1) is 0 Å². The van der Waals surface area contributed by atoms with Crippen molar-refractivity contribution < 1.29 is 0 Å². The normalized spacial score (nSPS) is 13.2. The van der Waals surface area contributed by atoms with Crippen LogP contribution in [0.3, 0.4) is 0 Å². The summed E-state index contributed by atoms with van der Waals surface area (Å²) in [6, 6.07) is 65.6. The Morgan fingerprint density at radius 3 is 1.70 bits per heavy atom. The minimum Gasteiger partial charge on any atom is -0.310 e. The average molecular weight is 769 g/mol. The summed E-state index contributed by atoms with van der Waals surface area (Å²) in [7, 11) is 0. The lowest BCUT2D eigenvalue weighted by atomic mass is 9.73. The maximum absolute atomic E-state index is 5.02. The van der Waals surface area contributed by atoms with Crippen LogP contribution >= 0.6 is 22.7 Å². The van der Waals surface area contributed by atoms with Gasteiger partial charge in [-0.25, -0.2) is 9.97 Å². The largest absolute Gasteiger partial charge is 0.310 e. The molecule has 0 radical (unpaired) electrons. The average Bonchev–Trinajstić information content (AvgIpc) is 3.90. The van der Waals surface area contributed by atoms with Gasteiger partial charge >= 0.3 is 0 Å². The first kappa shape index (κ1) is 33.7. The number of fused-ring (bicyclic) bond motifs is 5. The van der Waals surface area contributed by atoms with Gasteiger partial charge in [0.15, 0.2) is 0 Å². The van der Waals surface area contributed by atoms with Gasteiger partial charge in [-0.1, -0.05) is 86.6 Å². The molecule has 1 aliphatic heterocycles. The van der Waals surface area contributed by atoms with E-state index in [1.165, 1.54) is 42.7 Å². The summed E-state index contributed by atoms with van der Waals surface area (Å²) in [4.78, 5) is 14.7. The zero-order valence-electron chi connectivity index (χ0n) is 31.4. The number of anilines is 6. The predicted molar refractivity (Wildman–Crippen MR) is 243 cm³/mol. The van der Waals surface area contributed by atoms with E-state index < -0.39 is 0 Å². The van der Waals surface area contributed by atoms with E-state index in [0.717, 1.165) is 54.9 Å². The molecule has 6 heteroatoms. The summed E-state index contributed by atoms with van der Waals surface area (Å²) in [6.45, 7) is 4.69. The summed E-state index contributed by atoms with van der Waals surface area (Å²) < 4.78 is 2.41. The van der Waals surface area contributed by atoms with Gasteiger partial charge in [0.2, 0.25) is 0 Å². The number of para-hydroxylation sites is 3. The van der Waals surface area contributed by atoms with Gasteiger partial charge in [-0.2, -0.15) is 0 Å². The van der Waals surface area contributed by atoms with Gasteiger partial charge < -0.3 is 9.80 Å². The third-order valence-electron chi connectivity index (χ3n) is 11.3. The third kappa shape index (κ3) is 5.71. The molecule has 0 bridgehead atoms. The Kier molecular flexibility index (Phi) is 7.85. The molecule has 0 unspecified atom stereocenters. The van der Waals surface area contributed by atoms with Crippen molar-refractivity contribution in [3.63, 3.8) is 0 Å². The van der Waals surface area contributed by atoms with Crippen LogP contribution in [0.5, 0.6) is 0 Å². The number of nitrogens with zero attached hydrogens (tertiary/aromatic N) is 4. The standard InChI is InChI=1S/C51H36N4S2/c1-51(2)41-13-5-8-16-45(41)55(46-30-22-36(32-42(46)51)50-53-44-15-7-10-18-48(44)57-50)39-28-26-38(27-29-39)54(40-25-19-33-11-3-4-12-35(33)31-40)37-23-20-34(21-24-37)49-52-43-14-6-9-17-47(43)56-49/h3-32H,1-2H3. The van der Waals surface area contributed by atoms with Crippen LogP contribution in [0.4, 0.5) is 34.1 Å². The van der Waals surface area contributed by atoms with Crippen molar-refractivity contribution >= 4 is 88.0 Å². The smallest absolute Gasteiger partial charge is 0.124 e. The highest BCUT2D eigenvalue weighted by Crippen LogP contribution is 2.53. The van der Waals surface area contributed by atoms with E-state index in [9.17, 15) is 0 Å². The number of thiazole rings is 2. The third-order valence-corrected chi connectivity index (χ3v) is 13.5. The van der Waals surface area contributed by atoms with Gasteiger partial charge in [-0.05, 0) is 131 Å². The molecule has 1 aliphatic rings. The molecule has 0 N–H and O–H groups in total. The molecule has 0 atom stereocenters. The predicted octanol–water partition coefficient (Wildman–Crippen LogP) is 15.0. The highest BCUT2D eigenvalue weighted by molar-refractivity contribution is 7.22. The molecule has 0 amide bonds. The maximum atomic E-state index is 5.02. The zero-order valence-corrected chi connectivity index (χ0v) is 33.1. The minimum absolute atomic E-state index is 0.209. The first-order valence-electron chi connectivity index (χ1n) is 19.2. The second kappa shape index (κ2) is 13.3. The molecule has 0 saturated heterocycles. The lowest BCUT2D eigenvalue weighted by Crippen LogP contribution is -2.30. The van der Waals surface area contributed by atoms with Crippen molar-refractivity contribution in [3.05, 3.63) is 193 Å². The Morgan fingerprint density at radius 2 is 1.00 bits per heavy atom. The topological polar surface area (TPSA) is 32.3 Å². The van der Waals surface area contributed by atoms with Gasteiger partial charge in [0, 0.05) is 39.3 Å². The summed E-state index contributed by atoms with van der Waals surface area (Å²) in [5, 5.41) is 4.50. The summed E-state index contributed by atoms with van der Waals surface area (Å²) >= 11 is 3.49. The van der Waals surface area contributed by atoms with Gasteiger partial charge in [0.05, 0.1) is 31.8 Å². The van der Waals surface area contributed by atoms with Crippen LogP contribution in [0.2, 0.25) is 0 Å². The van der Waals surface area contributed by atoms with Gasteiger partial charge in [-0.3, -0.25) is 0 Å². The molecule has 57 heavy (non-hydrogen) atoms. The zero-order chi connectivity index (χ0) is 38.1. The number of rotatable bonds is 6. The van der Waals surface area contributed by atoms with Crippen molar-refractivity contribution in [3.8, 4) is 21.1 Å². The summed E-state index contributed by atoms with van der Waals surface area (Å²) in [6.07, 6.45) is 0. The van der Waals surface area contributed by atoms with E-state index in [-0.39, 0.29) is 5.41 Å². The van der Waals surface area contributed by atoms with E-state index in [4.69, 9.17) is 9.97 Å². The summed E-state index contributed by atoms with van der Waals surface area (Å²) in [5.41, 5.74) is 13.5. The SMILES string of the molecule is CC1(C)c2ccccc2N(c2ccc(N(c3ccc(-c4nc5ccccc5s4)cc3)c3ccc4ccccc4c3)cc2)c2ccc(-c3nc4ccccc4s3)cc21. The molecule has 11 rings (SSSR count). The van der Waals surface area contributed by atoms with Crippen LogP contribution in [-0.4, -0.2) is 9.97 Å². The number of aromatic nitrogens is 2. The Bertz CT molecular complexity index is 3060. The van der Waals surface area contributed by atoms with Gasteiger partial charge in [0.25, 0.3) is 0 Å². The molecule has 0 fully saturated rings. The lowest BCUT2D eigenvalue weighted by molar-refractivity contribution is 0.632. The Balaban J connectivity index is 1.00. The minimum atomic E-state index is -0.209. The lowest BCUT2D eigenvalue weighted by Gasteiger charge is -2.42. The van der Waals surface area contributed by atoms with Crippen LogP contribution in [0.1, 0.15) is 25.0 Å². The molecule has 8 aromatic carbocycles. The van der Waals surface area contributed by atoms with E-state index in [0.29, 0.717) is 0 Å². The first-order valence-corrected chi connectivity index (χ1v) is 20.9. The fourth-order valence-electron chi connectivity index (χ4n) is 8.37. The van der Waals surface area contributed by atoms with E-state index in [1.54, 1.807) is 22.7 Å². The van der Waals surface area contributed by atoms with Gasteiger partial charge in [0.1, 0.15) is 10.0 Å². The fraction of sp³-hybridized carbons (Fsp3) is 0.0588. The molecule has 3 heterocycles. The monoisotopic (exact) mass is 768 g/mol. The van der Waals surface area contributed by atoms with Crippen molar-refractivity contribution in [2.45, 2.75) is 19.3 Å². The Labute approximate surface area is 339 Å². The Morgan fingerprint density at radius 1 is 0.456 bits per heavy atom. The molecule has 0 saturated carbocycles. The van der Waals surface area contributed by atoms with E-state index in [1.807, 2.05) is 6.07 Å². The first-order chi connectivity index (χ1) is 28.0. The second-order valence-electron chi connectivity index (χ2n) is 15.1. The maximum Gasteiger partial charge on any atom is 0.124 e. The molecule has 0 aliphatic carbocycles. The molecule has 272 valence electrons. The van der Waals surface area contributed by atoms with Crippen LogP contribution in [0.25, 0.3) is 52.3 Å². The highest BCUT2D eigenvalue weighted by atomic mass is 32.1. The van der Waals surface area contributed by atoms with Crippen LogP contribution in [0.15, 0.2) is 182 Å². The molecular formula is C51H36N4S2. The van der Waals surface area contributed by atoms with Crippen LogP contribution in [-0.2, 0) is 5.41 Å². The van der Waals surface area contributed by atoms with Crippen molar-refractivity contribution in [1.29, 1.82) is 0 Å². The van der Waals surface area contributed by atoms with E-state index >= 15 is 0 Å². The highest BCUT2D eigenvalue weighted by Gasteiger charge is 2.37. The number of hydrogen-bond donors (Lipinski definition) is 0. The number of benzene rings is 8. The fourth-order valence-corrected chi connectivity index (χ4v) is 10.3. The molecular weight excluding hydrogens is 733 g/mol. The molecule has 4 nitrogen and oxygen atoms in total. The van der Waals surface area contributed by atoms with Crippen LogP contribution < -0.4 is 9.80 Å². The summed E-state index contributed by atoms with van der Waals surface area (Å²) in [5.74, 6) is 0. The molecule has 10 aromatic rings. The Hall–Kier alpha value is -6.60. The van der Waals surface area contributed by atoms with Gasteiger partial charge in [-0.15, -0.1) is 22.7 Å². The number of hydrogen-bond acceptors (Lipinski definition) is 6. The molecule has 2 aromatic heterocycles.